The average Bonchev–Trinajstić information content (AvgIpc) is 2.80. The lowest BCUT2D eigenvalue weighted by molar-refractivity contribution is -0.129. The van der Waals surface area contributed by atoms with Crippen LogP contribution in [0.3, 0.4) is 0 Å². The number of aromatic nitrogens is 3. The molecular weight excluding hydrogens is 481 g/mol. The minimum Gasteiger partial charge on any atom is -0.382 e. The van der Waals surface area contributed by atoms with E-state index in [4.69, 9.17) is 39.4 Å². The number of benzene rings is 2. The molecule has 0 saturated carbocycles. The molecule has 6 N–H and O–H groups in total. The monoisotopic (exact) mass is 505 g/mol. The summed E-state index contributed by atoms with van der Waals surface area (Å²) in [5.74, 6) is -0.334. The van der Waals surface area contributed by atoms with Crippen LogP contribution in [-0.2, 0) is 20.9 Å². The van der Waals surface area contributed by atoms with Gasteiger partial charge in [-0.15, -0.1) is 10.2 Å². The molecule has 0 spiro atoms. The fraction of sp³-hybridized carbons (Fsp3) is 0.227. The molecule has 0 unspecified atom stereocenters. The van der Waals surface area contributed by atoms with Gasteiger partial charge in [-0.2, -0.15) is 4.98 Å². The van der Waals surface area contributed by atoms with Gasteiger partial charge in [-0.1, -0.05) is 65.7 Å². The van der Waals surface area contributed by atoms with Gasteiger partial charge in [0.25, 0.3) is 0 Å². The topological polar surface area (TPSA) is 158 Å². The maximum atomic E-state index is 11.8. The van der Waals surface area contributed by atoms with Gasteiger partial charge < -0.3 is 26.8 Å². The zero-order chi connectivity index (χ0) is 25.1. The lowest BCUT2D eigenvalue weighted by atomic mass is 10.1. The van der Waals surface area contributed by atoms with Crippen LogP contribution >= 0.6 is 23.2 Å². The molecule has 2 aromatic carbocycles. The molecule has 0 bridgehead atoms. The normalized spacial score (nSPS) is 11.1. The number of ether oxygens (including phenoxy) is 1. The third-order valence-electron chi connectivity index (χ3n) is 4.27. The summed E-state index contributed by atoms with van der Waals surface area (Å²) in [6.07, 6.45) is 0. The van der Waals surface area contributed by atoms with Gasteiger partial charge >= 0.3 is 0 Å². The van der Waals surface area contributed by atoms with Crippen LogP contribution < -0.4 is 22.1 Å². The number of hydrogen-bond acceptors (Lipinski definition) is 8. The first kappa shape index (κ1) is 26.8. The van der Waals surface area contributed by atoms with Gasteiger partial charge in [0.15, 0.2) is 5.82 Å². The van der Waals surface area contributed by atoms with Gasteiger partial charge in [0, 0.05) is 26.1 Å². The van der Waals surface area contributed by atoms with Crippen LogP contribution in [-0.4, -0.2) is 46.8 Å². The number of halogens is 2. The summed E-state index contributed by atoms with van der Waals surface area (Å²) in [6, 6.07) is 14.0. The predicted octanol–water partition coefficient (Wildman–Crippen LogP) is 2.46. The van der Waals surface area contributed by atoms with Crippen molar-refractivity contribution in [3.63, 3.8) is 0 Å². The summed E-state index contributed by atoms with van der Waals surface area (Å²) in [6.45, 7) is 1.95. The Morgan fingerprint density at radius 3 is 2.38 bits per heavy atom. The van der Waals surface area contributed by atoms with Crippen LogP contribution in [0.15, 0.2) is 48.5 Å². The van der Waals surface area contributed by atoms with E-state index in [0.29, 0.717) is 27.8 Å². The van der Waals surface area contributed by atoms with Crippen LogP contribution in [0.2, 0.25) is 10.0 Å². The number of amides is 2. The van der Waals surface area contributed by atoms with E-state index in [9.17, 15) is 9.59 Å². The van der Waals surface area contributed by atoms with E-state index in [2.05, 4.69) is 25.8 Å². The number of methoxy groups -OCH3 is 1. The van der Waals surface area contributed by atoms with Gasteiger partial charge in [-0.3, -0.25) is 9.59 Å². The second kappa shape index (κ2) is 13.3. The molecule has 1 heterocycles. The number of carbonyl (C=O) groups excluding carboxylic acids is 2. The molecule has 12 heteroatoms. The summed E-state index contributed by atoms with van der Waals surface area (Å²) in [5.41, 5.74) is 13.0. The largest absolute Gasteiger partial charge is 0.382 e. The van der Waals surface area contributed by atoms with Gasteiger partial charge in [0.2, 0.25) is 17.8 Å². The minimum atomic E-state index is -0.656. The molecule has 0 radical (unpaired) electrons. The first-order chi connectivity index (χ1) is 16.2. The number of nitrogen functional groups attached to an aromatic ring is 2. The van der Waals surface area contributed by atoms with E-state index in [-0.39, 0.29) is 30.2 Å². The molecule has 0 saturated heterocycles. The third kappa shape index (κ3) is 8.14. The highest BCUT2D eigenvalue weighted by atomic mass is 35.5. The Bertz CT molecular complexity index is 1120. The summed E-state index contributed by atoms with van der Waals surface area (Å²) in [5, 5.41) is 13.5. The van der Waals surface area contributed by atoms with E-state index in [1.54, 1.807) is 18.2 Å². The quantitative estimate of drug-likeness (QED) is 0.381. The highest BCUT2D eigenvalue weighted by Gasteiger charge is 2.18. The number of nitrogens with two attached hydrogens (primary N) is 2. The number of nitrogens with zero attached hydrogens (tertiary/aromatic N) is 3. The van der Waals surface area contributed by atoms with Crippen LogP contribution in [0.1, 0.15) is 12.5 Å². The highest BCUT2D eigenvalue weighted by molar-refractivity contribution is 6.43. The number of hydrogen-bond donors (Lipinski definition) is 4. The molecule has 0 fully saturated rings. The SMILES string of the molecule is COC[C@@H](NC(C)=O)C(=O)NCc1ccccc1.Nc1nnc(-c2cccc(Cl)c2Cl)c(N)n1. The Labute approximate surface area is 207 Å². The minimum absolute atomic E-state index is 0.0133. The Morgan fingerprint density at radius 2 is 1.76 bits per heavy atom. The standard InChI is InChI=1S/C13H18N2O3.C9H7Cl2N5/c1-10(16)15-12(9-18-2)13(17)14-8-11-6-4-3-5-7-11;10-5-3-1-2-4(6(5)11)7-8(12)14-9(13)16-15-7/h3-7,12H,8-9H2,1-2H3,(H,14,17)(H,15,16);1-3H,(H4,12,13,14,16)/t12-;/m1./s1. The molecule has 0 aliphatic rings. The van der Waals surface area contributed by atoms with Crippen molar-refractivity contribution < 1.29 is 14.3 Å². The lowest BCUT2D eigenvalue weighted by Gasteiger charge is -2.16. The Balaban J connectivity index is 0.000000241. The number of carbonyl (C=O) groups is 2. The first-order valence-electron chi connectivity index (χ1n) is 10.0. The van der Waals surface area contributed by atoms with Crippen LogP contribution in [0.4, 0.5) is 11.8 Å². The van der Waals surface area contributed by atoms with Crippen molar-refractivity contribution in [3.05, 3.63) is 64.1 Å². The summed E-state index contributed by atoms with van der Waals surface area (Å²) >= 11 is 11.9. The Morgan fingerprint density at radius 1 is 1.06 bits per heavy atom. The Kier molecular flexibility index (Phi) is 10.5. The van der Waals surface area contributed by atoms with Crippen LogP contribution in [0.5, 0.6) is 0 Å². The summed E-state index contributed by atoms with van der Waals surface area (Å²) < 4.78 is 4.90. The van der Waals surface area contributed by atoms with Crippen molar-refractivity contribution in [2.24, 2.45) is 0 Å². The zero-order valence-electron chi connectivity index (χ0n) is 18.6. The van der Waals surface area contributed by atoms with Crippen LogP contribution in [0, 0.1) is 0 Å². The second-order valence-corrected chi connectivity index (χ2v) is 7.70. The van der Waals surface area contributed by atoms with Crippen molar-refractivity contribution in [3.8, 4) is 11.3 Å². The molecule has 3 aromatic rings. The second-order valence-electron chi connectivity index (χ2n) is 6.92. The third-order valence-corrected chi connectivity index (χ3v) is 5.09. The van der Waals surface area contributed by atoms with Crippen molar-refractivity contribution >= 4 is 46.8 Å². The van der Waals surface area contributed by atoms with Crippen molar-refractivity contribution in [2.75, 3.05) is 25.2 Å². The fourth-order valence-corrected chi connectivity index (χ4v) is 3.12. The highest BCUT2D eigenvalue weighted by Crippen LogP contribution is 2.34. The molecule has 0 aliphatic heterocycles. The summed E-state index contributed by atoms with van der Waals surface area (Å²) in [4.78, 5) is 26.6. The van der Waals surface area contributed by atoms with E-state index in [0.717, 1.165) is 5.56 Å². The number of nitrogens with one attached hydrogen (secondary N) is 2. The smallest absolute Gasteiger partial charge is 0.245 e. The molecule has 180 valence electrons. The molecule has 34 heavy (non-hydrogen) atoms. The van der Waals surface area contributed by atoms with E-state index in [1.807, 2.05) is 30.3 Å². The molecule has 10 nitrogen and oxygen atoms in total. The van der Waals surface area contributed by atoms with Gasteiger partial charge in [-0.05, 0) is 11.6 Å². The fourth-order valence-electron chi connectivity index (χ4n) is 2.73. The average molecular weight is 506 g/mol. The molecule has 1 atom stereocenters. The first-order valence-corrected chi connectivity index (χ1v) is 10.8. The molecule has 3 rings (SSSR count). The Hall–Kier alpha value is -3.47. The maximum absolute atomic E-state index is 11.8. The zero-order valence-corrected chi connectivity index (χ0v) is 20.1. The van der Waals surface area contributed by atoms with E-state index >= 15 is 0 Å². The number of anilines is 2. The van der Waals surface area contributed by atoms with E-state index < -0.39 is 6.04 Å². The maximum Gasteiger partial charge on any atom is 0.245 e. The van der Waals surface area contributed by atoms with Gasteiger partial charge in [0.05, 0.1) is 16.7 Å². The lowest BCUT2D eigenvalue weighted by Crippen LogP contribution is -2.48. The molecule has 2 amide bonds. The molecular formula is C22H25Cl2N7O3. The van der Waals surface area contributed by atoms with Crippen molar-refractivity contribution in [1.29, 1.82) is 0 Å². The summed E-state index contributed by atoms with van der Waals surface area (Å²) in [7, 11) is 1.49. The predicted molar refractivity (Wildman–Crippen MR) is 132 cm³/mol. The van der Waals surface area contributed by atoms with Crippen LogP contribution in [0.25, 0.3) is 11.3 Å². The van der Waals surface area contributed by atoms with Crippen molar-refractivity contribution in [1.82, 2.24) is 25.8 Å². The van der Waals surface area contributed by atoms with E-state index in [1.165, 1.54) is 14.0 Å². The molecule has 0 aliphatic carbocycles. The number of rotatable bonds is 7. The molecule has 1 aromatic heterocycles. The van der Waals surface area contributed by atoms with Crippen molar-refractivity contribution in [2.45, 2.75) is 19.5 Å². The van der Waals surface area contributed by atoms with Gasteiger partial charge in [-0.25, -0.2) is 0 Å². The van der Waals surface area contributed by atoms with Gasteiger partial charge in [0.1, 0.15) is 11.7 Å².